The average Bonchev–Trinajstić information content (AvgIpc) is 3.19. The van der Waals surface area contributed by atoms with Crippen molar-refractivity contribution < 1.29 is 22.7 Å². The summed E-state index contributed by atoms with van der Waals surface area (Å²) in [7, 11) is 0. The average molecular weight is 502 g/mol. The third-order valence-electron chi connectivity index (χ3n) is 6.93. The van der Waals surface area contributed by atoms with Crippen LogP contribution < -0.4 is 4.90 Å². The van der Waals surface area contributed by atoms with E-state index in [0.717, 1.165) is 56.7 Å². The molecule has 1 aliphatic rings. The molecule has 2 heterocycles. The lowest BCUT2D eigenvalue weighted by atomic mass is 9.83. The predicted molar refractivity (Wildman–Crippen MR) is 134 cm³/mol. The number of hydrogen-bond donors (Lipinski definition) is 1. The summed E-state index contributed by atoms with van der Waals surface area (Å²) in [6, 6.07) is 15.5. The molecule has 8 heteroatoms. The first kappa shape index (κ1) is 25.9. The molecule has 4 nitrogen and oxygen atoms in total. The summed E-state index contributed by atoms with van der Waals surface area (Å²) in [4.78, 5) is 2.25. The highest BCUT2D eigenvalue weighted by Crippen LogP contribution is 2.40. The molecule has 0 bridgehead atoms. The van der Waals surface area contributed by atoms with Crippen LogP contribution in [-0.4, -0.2) is 40.3 Å². The van der Waals surface area contributed by atoms with Crippen LogP contribution in [0.15, 0.2) is 54.6 Å². The van der Waals surface area contributed by atoms with Crippen LogP contribution in [0.5, 0.6) is 0 Å². The van der Waals surface area contributed by atoms with E-state index in [4.69, 9.17) is 0 Å². The van der Waals surface area contributed by atoms with Crippen molar-refractivity contribution in [1.82, 2.24) is 9.78 Å². The summed E-state index contributed by atoms with van der Waals surface area (Å²) in [5.74, 6) is -0.555. The van der Waals surface area contributed by atoms with E-state index < -0.39 is 17.4 Å². The van der Waals surface area contributed by atoms with Crippen molar-refractivity contribution in [2.24, 2.45) is 0 Å². The maximum absolute atomic E-state index is 15.0. The fraction of sp³-hybridized carbons (Fsp3) is 0.393. The van der Waals surface area contributed by atoms with E-state index in [1.165, 1.54) is 30.3 Å². The summed E-state index contributed by atoms with van der Waals surface area (Å²) in [5, 5.41) is 14.2. The first-order valence-corrected chi connectivity index (χ1v) is 12.1. The molecule has 0 unspecified atom stereocenters. The summed E-state index contributed by atoms with van der Waals surface area (Å²) >= 11 is 0. The predicted octanol–water partition coefficient (Wildman–Crippen LogP) is 6.51. The number of nitrogens with zero attached hydrogens (tertiary/aromatic N) is 3. The molecule has 2 aromatic carbocycles. The highest BCUT2D eigenvalue weighted by Gasteiger charge is 2.48. The highest BCUT2D eigenvalue weighted by atomic mass is 19.4. The van der Waals surface area contributed by atoms with Gasteiger partial charge >= 0.3 is 6.18 Å². The standard InChI is InChI=1S/C28H31F4N3O/c1-19-15-26(25(29)17-20-7-9-22(10-8-20)27(2,3)28(30,31)32)33-35(19)18-21-5-4-6-23(16-21)34-13-11-24(36)12-14-34/h4-10,15-17,24,36H,11-14,18H2,1-3H3. The second kappa shape index (κ2) is 10.1. The Kier molecular flexibility index (Phi) is 7.27. The van der Waals surface area contributed by atoms with E-state index in [0.29, 0.717) is 12.1 Å². The van der Waals surface area contributed by atoms with Crippen molar-refractivity contribution in [3.05, 3.63) is 82.7 Å². The minimum Gasteiger partial charge on any atom is -0.393 e. The number of benzene rings is 2. The van der Waals surface area contributed by atoms with Gasteiger partial charge < -0.3 is 10.0 Å². The van der Waals surface area contributed by atoms with E-state index in [1.54, 1.807) is 10.7 Å². The summed E-state index contributed by atoms with van der Waals surface area (Å²) in [6.07, 6.45) is -1.83. The Hall–Kier alpha value is -3.13. The van der Waals surface area contributed by atoms with Crippen LogP contribution in [0.1, 0.15) is 54.8 Å². The molecule has 0 saturated carbocycles. The molecule has 1 fully saturated rings. The normalized spacial score (nSPS) is 16.0. The molecule has 0 spiro atoms. The topological polar surface area (TPSA) is 41.3 Å². The number of rotatable bonds is 6. The first-order valence-electron chi connectivity index (χ1n) is 12.1. The lowest BCUT2D eigenvalue weighted by Gasteiger charge is -2.31. The number of piperidine rings is 1. The molecule has 192 valence electrons. The lowest BCUT2D eigenvalue weighted by Crippen LogP contribution is -2.36. The van der Waals surface area contributed by atoms with Crippen molar-refractivity contribution in [1.29, 1.82) is 0 Å². The molecule has 0 aliphatic carbocycles. The van der Waals surface area contributed by atoms with Crippen LogP contribution in [0.25, 0.3) is 11.9 Å². The summed E-state index contributed by atoms with van der Waals surface area (Å²) in [6.45, 7) is 6.19. The van der Waals surface area contributed by atoms with Crippen LogP contribution in [0.3, 0.4) is 0 Å². The number of alkyl halides is 3. The second-order valence-electron chi connectivity index (χ2n) is 9.95. The van der Waals surface area contributed by atoms with E-state index in [2.05, 4.69) is 16.1 Å². The monoisotopic (exact) mass is 501 g/mol. The fourth-order valence-electron chi connectivity index (χ4n) is 4.32. The van der Waals surface area contributed by atoms with Crippen LogP contribution in [0.2, 0.25) is 0 Å². The Morgan fingerprint density at radius 2 is 1.72 bits per heavy atom. The highest BCUT2D eigenvalue weighted by molar-refractivity contribution is 5.75. The van der Waals surface area contributed by atoms with Crippen LogP contribution in [0, 0.1) is 6.92 Å². The molecule has 0 amide bonds. The van der Waals surface area contributed by atoms with Gasteiger partial charge in [-0.25, -0.2) is 4.39 Å². The van der Waals surface area contributed by atoms with Gasteiger partial charge in [-0.1, -0.05) is 36.4 Å². The van der Waals surface area contributed by atoms with Gasteiger partial charge in [0.25, 0.3) is 0 Å². The molecular weight excluding hydrogens is 470 g/mol. The molecule has 1 aromatic heterocycles. The molecule has 4 rings (SSSR count). The van der Waals surface area contributed by atoms with Gasteiger partial charge in [0.05, 0.1) is 18.1 Å². The number of anilines is 1. The maximum atomic E-state index is 15.0. The third-order valence-corrected chi connectivity index (χ3v) is 6.93. The Morgan fingerprint density at radius 3 is 2.36 bits per heavy atom. The molecule has 3 aromatic rings. The van der Waals surface area contributed by atoms with Crippen LogP contribution >= 0.6 is 0 Å². The molecule has 0 atom stereocenters. The zero-order chi connectivity index (χ0) is 26.1. The van der Waals surface area contributed by atoms with Gasteiger partial charge in [0, 0.05) is 24.5 Å². The summed E-state index contributed by atoms with van der Waals surface area (Å²) < 4.78 is 56.6. The third kappa shape index (κ3) is 5.64. The Morgan fingerprint density at radius 1 is 1.06 bits per heavy atom. The van der Waals surface area contributed by atoms with Gasteiger partial charge in [0.15, 0.2) is 5.83 Å². The molecule has 0 radical (unpaired) electrons. The number of aliphatic hydroxyl groups is 1. The minimum absolute atomic E-state index is 0.121. The largest absolute Gasteiger partial charge is 0.397 e. The van der Waals surface area contributed by atoms with E-state index in [-0.39, 0.29) is 17.4 Å². The van der Waals surface area contributed by atoms with Crippen LogP contribution in [-0.2, 0) is 12.0 Å². The zero-order valence-corrected chi connectivity index (χ0v) is 20.7. The minimum atomic E-state index is -4.38. The number of hydrogen-bond acceptors (Lipinski definition) is 3. The Bertz CT molecular complexity index is 1220. The van der Waals surface area contributed by atoms with Gasteiger partial charge in [-0.05, 0) is 74.6 Å². The smallest absolute Gasteiger partial charge is 0.393 e. The van der Waals surface area contributed by atoms with Crippen molar-refractivity contribution in [3.63, 3.8) is 0 Å². The molecular formula is C28H31F4N3O. The Labute approximate surface area is 208 Å². The van der Waals surface area contributed by atoms with Crippen molar-refractivity contribution >= 4 is 17.6 Å². The van der Waals surface area contributed by atoms with E-state index >= 15 is 0 Å². The molecule has 1 N–H and O–H groups in total. The second-order valence-corrected chi connectivity index (χ2v) is 9.95. The van der Waals surface area contributed by atoms with Crippen molar-refractivity contribution in [2.75, 3.05) is 18.0 Å². The van der Waals surface area contributed by atoms with Gasteiger partial charge in [-0.3, -0.25) is 4.68 Å². The van der Waals surface area contributed by atoms with Gasteiger partial charge in [0.2, 0.25) is 0 Å². The summed E-state index contributed by atoms with van der Waals surface area (Å²) in [5.41, 5.74) is 1.68. The van der Waals surface area contributed by atoms with Gasteiger partial charge in [-0.2, -0.15) is 18.3 Å². The molecule has 1 saturated heterocycles. The number of aliphatic hydroxyl groups excluding tert-OH is 1. The number of aryl methyl sites for hydroxylation is 1. The van der Waals surface area contributed by atoms with Crippen molar-refractivity contribution in [2.45, 2.75) is 57.9 Å². The fourth-order valence-corrected chi connectivity index (χ4v) is 4.32. The van der Waals surface area contributed by atoms with E-state index in [1.807, 2.05) is 25.1 Å². The SMILES string of the molecule is Cc1cc(C(F)=Cc2ccc(C(C)(C)C(F)(F)F)cc2)nn1Cc1cccc(N2CCC(O)CC2)c1. The van der Waals surface area contributed by atoms with Crippen molar-refractivity contribution in [3.8, 4) is 0 Å². The van der Waals surface area contributed by atoms with Gasteiger partial charge in [0.1, 0.15) is 5.69 Å². The van der Waals surface area contributed by atoms with Crippen LogP contribution in [0.4, 0.5) is 23.2 Å². The molecule has 1 aliphatic heterocycles. The Balaban J connectivity index is 1.48. The zero-order valence-electron chi connectivity index (χ0n) is 20.7. The molecule has 36 heavy (non-hydrogen) atoms. The number of halogens is 4. The van der Waals surface area contributed by atoms with E-state index in [9.17, 15) is 22.7 Å². The quantitative estimate of drug-likeness (QED) is 0.392. The maximum Gasteiger partial charge on any atom is 0.397 e. The number of aromatic nitrogens is 2. The lowest BCUT2D eigenvalue weighted by molar-refractivity contribution is -0.180. The van der Waals surface area contributed by atoms with Gasteiger partial charge in [-0.15, -0.1) is 0 Å². The first-order chi connectivity index (χ1) is 16.9.